The minimum atomic E-state index is -0.166. The van der Waals surface area contributed by atoms with Crippen molar-refractivity contribution in [3.05, 3.63) is 52.5 Å². The number of hydrogen-bond donors (Lipinski definition) is 1. The molecule has 172 valence electrons. The third kappa shape index (κ3) is 6.35. The zero-order valence-corrected chi connectivity index (χ0v) is 19.4. The summed E-state index contributed by atoms with van der Waals surface area (Å²) in [6, 6.07) is 11.4. The lowest BCUT2D eigenvalue weighted by molar-refractivity contribution is -0.122. The van der Waals surface area contributed by atoms with Gasteiger partial charge in [0.1, 0.15) is 5.75 Å². The van der Waals surface area contributed by atoms with Gasteiger partial charge in [0.25, 0.3) is 5.91 Å². The fourth-order valence-corrected chi connectivity index (χ4v) is 3.73. The highest BCUT2D eigenvalue weighted by atomic mass is 35.5. The molecule has 1 aliphatic heterocycles. The van der Waals surface area contributed by atoms with E-state index in [2.05, 4.69) is 20.3 Å². The number of methoxy groups -OCH3 is 3. The SMILES string of the molecule is COc1cc(OC)c(OC)cc1/C=N/NC(=O)CN1CCN(Cc2ccccc2Cl)CC1. The van der Waals surface area contributed by atoms with Gasteiger partial charge in [-0.1, -0.05) is 29.8 Å². The number of nitrogens with zero attached hydrogens (tertiary/aromatic N) is 3. The summed E-state index contributed by atoms with van der Waals surface area (Å²) in [6.07, 6.45) is 1.53. The summed E-state index contributed by atoms with van der Waals surface area (Å²) in [5.74, 6) is 1.51. The normalized spacial score (nSPS) is 15.0. The molecule has 1 aliphatic rings. The first-order valence-electron chi connectivity index (χ1n) is 10.3. The molecule has 1 heterocycles. The van der Waals surface area contributed by atoms with Gasteiger partial charge in [0, 0.05) is 49.4 Å². The minimum Gasteiger partial charge on any atom is -0.496 e. The number of piperazine rings is 1. The minimum absolute atomic E-state index is 0.166. The molecule has 0 radical (unpaired) electrons. The molecular formula is C23H29ClN4O4. The van der Waals surface area contributed by atoms with E-state index in [0.717, 1.165) is 43.3 Å². The maximum absolute atomic E-state index is 12.3. The zero-order valence-electron chi connectivity index (χ0n) is 18.6. The number of rotatable bonds is 9. The number of amides is 1. The Morgan fingerprint density at radius 2 is 1.62 bits per heavy atom. The molecule has 0 aliphatic carbocycles. The first-order valence-corrected chi connectivity index (χ1v) is 10.7. The van der Waals surface area contributed by atoms with E-state index in [0.29, 0.717) is 29.4 Å². The average molecular weight is 461 g/mol. The van der Waals surface area contributed by atoms with Crippen molar-refractivity contribution in [3.63, 3.8) is 0 Å². The van der Waals surface area contributed by atoms with Crippen molar-refractivity contribution in [2.24, 2.45) is 5.10 Å². The van der Waals surface area contributed by atoms with Crippen LogP contribution in [-0.4, -0.2) is 76.0 Å². The Labute approximate surface area is 193 Å². The molecular weight excluding hydrogens is 432 g/mol. The highest BCUT2D eigenvalue weighted by Gasteiger charge is 2.19. The van der Waals surface area contributed by atoms with Gasteiger partial charge in [-0.3, -0.25) is 14.6 Å². The molecule has 1 fully saturated rings. The summed E-state index contributed by atoms with van der Waals surface area (Å²) < 4.78 is 15.9. The van der Waals surface area contributed by atoms with Crippen LogP contribution in [0.1, 0.15) is 11.1 Å². The fraction of sp³-hybridized carbons (Fsp3) is 0.391. The maximum Gasteiger partial charge on any atom is 0.254 e. The van der Waals surface area contributed by atoms with Gasteiger partial charge in [-0.2, -0.15) is 5.10 Å². The molecule has 0 bridgehead atoms. The van der Waals surface area contributed by atoms with Crippen molar-refractivity contribution in [1.29, 1.82) is 0 Å². The van der Waals surface area contributed by atoms with Crippen LogP contribution in [0, 0.1) is 0 Å². The van der Waals surface area contributed by atoms with Crippen molar-refractivity contribution in [3.8, 4) is 17.2 Å². The molecule has 1 saturated heterocycles. The average Bonchev–Trinajstić information content (AvgIpc) is 2.81. The Balaban J connectivity index is 1.47. The van der Waals surface area contributed by atoms with Crippen LogP contribution < -0.4 is 19.6 Å². The van der Waals surface area contributed by atoms with E-state index in [1.807, 2.05) is 24.3 Å². The van der Waals surface area contributed by atoms with Crippen LogP contribution in [0.15, 0.2) is 41.5 Å². The van der Waals surface area contributed by atoms with Gasteiger partial charge >= 0.3 is 0 Å². The fourth-order valence-electron chi connectivity index (χ4n) is 3.54. The largest absolute Gasteiger partial charge is 0.496 e. The molecule has 9 heteroatoms. The van der Waals surface area contributed by atoms with Gasteiger partial charge in [0.15, 0.2) is 11.5 Å². The number of nitrogens with one attached hydrogen (secondary N) is 1. The van der Waals surface area contributed by atoms with Crippen molar-refractivity contribution < 1.29 is 19.0 Å². The second-order valence-corrected chi connectivity index (χ2v) is 7.79. The monoisotopic (exact) mass is 460 g/mol. The van der Waals surface area contributed by atoms with Gasteiger partial charge in [-0.15, -0.1) is 0 Å². The smallest absolute Gasteiger partial charge is 0.254 e. The Hall–Kier alpha value is -2.81. The van der Waals surface area contributed by atoms with Crippen LogP contribution in [-0.2, 0) is 11.3 Å². The van der Waals surface area contributed by atoms with E-state index in [9.17, 15) is 4.79 Å². The summed E-state index contributed by atoms with van der Waals surface area (Å²) in [6.45, 7) is 4.49. The quantitative estimate of drug-likeness (QED) is 0.458. The summed E-state index contributed by atoms with van der Waals surface area (Å²) in [5, 5.41) is 4.86. The molecule has 32 heavy (non-hydrogen) atoms. The molecule has 1 N–H and O–H groups in total. The van der Waals surface area contributed by atoms with Crippen molar-refractivity contribution in [2.45, 2.75) is 6.54 Å². The second kappa shape index (κ2) is 11.7. The van der Waals surface area contributed by atoms with Gasteiger partial charge in [0.05, 0.1) is 34.1 Å². The van der Waals surface area contributed by atoms with Crippen LogP contribution in [0.3, 0.4) is 0 Å². The van der Waals surface area contributed by atoms with E-state index in [1.165, 1.54) is 6.21 Å². The molecule has 0 aromatic heterocycles. The molecule has 8 nitrogen and oxygen atoms in total. The summed E-state index contributed by atoms with van der Waals surface area (Å²) in [4.78, 5) is 16.8. The lowest BCUT2D eigenvalue weighted by atomic mass is 10.2. The van der Waals surface area contributed by atoms with E-state index < -0.39 is 0 Å². The van der Waals surface area contributed by atoms with Gasteiger partial charge < -0.3 is 14.2 Å². The first kappa shape index (κ1) is 23.8. The number of hydrogen-bond acceptors (Lipinski definition) is 7. The number of hydrazone groups is 1. The first-order chi connectivity index (χ1) is 15.5. The lowest BCUT2D eigenvalue weighted by Crippen LogP contribution is -2.48. The molecule has 0 spiro atoms. The molecule has 2 aromatic carbocycles. The highest BCUT2D eigenvalue weighted by Crippen LogP contribution is 2.33. The zero-order chi connectivity index (χ0) is 22.9. The number of halogens is 1. The van der Waals surface area contributed by atoms with Crippen LogP contribution in [0.4, 0.5) is 0 Å². The third-order valence-electron chi connectivity index (χ3n) is 5.31. The van der Waals surface area contributed by atoms with Crippen LogP contribution in [0.25, 0.3) is 0 Å². The van der Waals surface area contributed by atoms with E-state index in [1.54, 1.807) is 33.5 Å². The van der Waals surface area contributed by atoms with Gasteiger partial charge in [0.2, 0.25) is 0 Å². The van der Waals surface area contributed by atoms with Gasteiger partial charge in [-0.05, 0) is 17.7 Å². The third-order valence-corrected chi connectivity index (χ3v) is 5.68. The second-order valence-electron chi connectivity index (χ2n) is 7.39. The standard InChI is InChI=1S/C23H29ClN4O4/c1-30-20-13-22(32-3)21(31-2)12-18(20)14-25-26-23(29)16-28-10-8-27(9-11-28)15-17-6-4-5-7-19(17)24/h4-7,12-14H,8-11,15-16H2,1-3H3,(H,26,29)/b25-14+. The van der Waals surface area contributed by atoms with Crippen molar-refractivity contribution in [1.82, 2.24) is 15.2 Å². The Morgan fingerprint density at radius 1 is 1.00 bits per heavy atom. The molecule has 0 atom stereocenters. The van der Waals surface area contributed by atoms with Crippen LogP contribution >= 0.6 is 11.6 Å². The van der Waals surface area contributed by atoms with Crippen LogP contribution in [0.5, 0.6) is 17.2 Å². The topological polar surface area (TPSA) is 75.6 Å². The molecule has 2 aromatic rings. The van der Waals surface area contributed by atoms with E-state index in [4.69, 9.17) is 25.8 Å². The molecule has 3 rings (SSSR count). The molecule has 0 unspecified atom stereocenters. The number of carbonyl (C=O) groups excluding carboxylic acids is 1. The molecule has 0 saturated carbocycles. The number of ether oxygens (including phenoxy) is 3. The van der Waals surface area contributed by atoms with Gasteiger partial charge in [-0.25, -0.2) is 5.43 Å². The van der Waals surface area contributed by atoms with E-state index >= 15 is 0 Å². The maximum atomic E-state index is 12.3. The van der Waals surface area contributed by atoms with E-state index in [-0.39, 0.29) is 5.91 Å². The highest BCUT2D eigenvalue weighted by molar-refractivity contribution is 6.31. The predicted octanol–water partition coefficient (Wildman–Crippen LogP) is 2.63. The summed E-state index contributed by atoms with van der Waals surface area (Å²) >= 11 is 6.26. The summed E-state index contributed by atoms with van der Waals surface area (Å²) in [5.41, 5.74) is 4.38. The number of benzene rings is 2. The summed E-state index contributed by atoms with van der Waals surface area (Å²) in [7, 11) is 4.67. The van der Waals surface area contributed by atoms with Crippen molar-refractivity contribution >= 4 is 23.7 Å². The Bertz CT molecular complexity index is 946. The molecule has 1 amide bonds. The van der Waals surface area contributed by atoms with Crippen molar-refractivity contribution in [2.75, 3.05) is 54.1 Å². The Morgan fingerprint density at radius 3 is 2.28 bits per heavy atom. The predicted molar refractivity (Wildman–Crippen MR) is 125 cm³/mol. The number of carbonyl (C=O) groups is 1. The van der Waals surface area contributed by atoms with Crippen LogP contribution in [0.2, 0.25) is 5.02 Å². The lowest BCUT2D eigenvalue weighted by Gasteiger charge is -2.34. The Kier molecular flexibility index (Phi) is 8.72.